The Balaban J connectivity index is 2.05. The van der Waals surface area contributed by atoms with Gasteiger partial charge in [0.25, 0.3) is 10.0 Å². The van der Waals surface area contributed by atoms with Gasteiger partial charge in [0.15, 0.2) is 0 Å². The number of ether oxygens (including phenoxy) is 2. The van der Waals surface area contributed by atoms with Gasteiger partial charge in [0.1, 0.15) is 16.2 Å². The molecule has 180 valence electrons. The lowest BCUT2D eigenvalue weighted by Crippen LogP contribution is -2.41. The van der Waals surface area contributed by atoms with Crippen molar-refractivity contribution in [3.05, 3.63) is 89.7 Å². The first-order chi connectivity index (χ1) is 16.5. The van der Waals surface area contributed by atoms with Crippen LogP contribution < -0.4 is 4.31 Å². The highest BCUT2D eigenvalue weighted by atomic mass is 32.2. The number of pyridine rings is 1. The van der Waals surface area contributed by atoms with E-state index < -0.39 is 27.7 Å². The second kappa shape index (κ2) is 10.4. The minimum atomic E-state index is -4.40. The maximum Gasteiger partial charge on any atom is 0.429 e. The van der Waals surface area contributed by atoms with E-state index in [1.807, 2.05) is 0 Å². The molecule has 9 heteroatoms. The van der Waals surface area contributed by atoms with E-state index in [1.165, 1.54) is 43.6 Å². The summed E-state index contributed by atoms with van der Waals surface area (Å²) in [6.45, 7) is 4.96. The van der Waals surface area contributed by atoms with E-state index in [1.54, 1.807) is 57.2 Å². The largest absolute Gasteiger partial charge is 0.464 e. The Bertz CT molecular complexity index is 1380. The maximum absolute atomic E-state index is 13.7. The van der Waals surface area contributed by atoms with Gasteiger partial charge in [0.05, 0.1) is 12.8 Å². The van der Waals surface area contributed by atoms with Gasteiger partial charge >= 0.3 is 12.1 Å². The van der Waals surface area contributed by atoms with Crippen molar-refractivity contribution in [2.45, 2.75) is 31.3 Å². The summed E-state index contributed by atoms with van der Waals surface area (Å²) in [5.41, 5.74) is -0.0302. The molecular weight excluding hydrogens is 468 g/mol. The van der Waals surface area contributed by atoms with E-state index in [0.717, 1.165) is 0 Å². The molecule has 1 aromatic heterocycles. The van der Waals surface area contributed by atoms with Gasteiger partial charge in [-0.1, -0.05) is 42.2 Å². The van der Waals surface area contributed by atoms with Crippen LogP contribution in [0.5, 0.6) is 0 Å². The van der Waals surface area contributed by atoms with Crippen LogP contribution in [-0.2, 0) is 19.5 Å². The number of nitrogens with zero attached hydrogens (tertiary/aromatic N) is 2. The third-order valence-electron chi connectivity index (χ3n) is 4.45. The van der Waals surface area contributed by atoms with Crippen LogP contribution >= 0.6 is 0 Å². The summed E-state index contributed by atoms with van der Waals surface area (Å²) >= 11 is 0. The molecule has 0 saturated carbocycles. The number of rotatable bonds is 4. The second-order valence-corrected chi connectivity index (χ2v) is 10.0. The zero-order valence-corrected chi connectivity index (χ0v) is 20.5. The fraction of sp³-hybridized carbons (Fsp3) is 0.192. The average Bonchev–Trinajstić information content (AvgIpc) is 2.82. The Labute approximate surface area is 204 Å². The molecule has 3 rings (SSSR count). The normalized spacial score (nSPS) is 11.1. The molecule has 8 nitrogen and oxygen atoms in total. The number of aromatic nitrogens is 1. The minimum Gasteiger partial charge on any atom is -0.464 e. The Morgan fingerprint density at radius 3 is 2.17 bits per heavy atom. The van der Waals surface area contributed by atoms with E-state index in [-0.39, 0.29) is 21.8 Å². The maximum atomic E-state index is 13.7. The molecule has 35 heavy (non-hydrogen) atoms. The first kappa shape index (κ1) is 25.5. The predicted octanol–water partition coefficient (Wildman–Crippen LogP) is 4.40. The van der Waals surface area contributed by atoms with Gasteiger partial charge < -0.3 is 9.47 Å². The van der Waals surface area contributed by atoms with Crippen molar-refractivity contribution in [2.75, 3.05) is 11.4 Å². The van der Waals surface area contributed by atoms with Gasteiger partial charge in [0.2, 0.25) is 0 Å². The molecule has 0 N–H and O–H groups in total. The van der Waals surface area contributed by atoms with Gasteiger partial charge in [-0.3, -0.25) is 0 Å². The molecule has 1 amide bonds. The average molecular weight is 493 g/mol. The van der Waals surface area contributed by atoms with Gasteiger partial charge in [-0.25, -0.2) is 23.0 Å². The Kier molecular flexibility index (Phi) is 7.57. The molecule has 0 bridgehead atoms. The van der Waals surface area contributed by atoms with Crippen LogP contribution in [0.4, 0.5) is 10.5 Å². The highest BCUT2D eigenvalue weighted by Crippen LogP contribution is 2.28. The fourth-order valence-corrected chi connectivity index (χ4v) is 4.41. The van der Waals surface area contributed by atoms with Crippen molar-refractivity contribution >= 4 is 27.8 Å². The monoisotopic (exact) mass is 492 g/mol. The zero-order chi connectivity index (χ0) is 25.6. The fourth-order valence-electron chi connectivity index (χ4n) is 2.93. The molecule has 0 aliphatic heterocycles. The van der Waals surface area contributed by atoms with E-state index in [2.05, 4.69) is 21.6 Å². The van der Waals surface area contributed by atoms with Gasteiger partial charge in [-0.05, 0) is 57.2 Å². The number of hydrogen-bond donors (Lipinski definition) is 0. The van der Waals surface area contributed by atoms with E-state index in [4.69, 9.17) is 4.74 Å². The van der Waals surface area contributed by atoms with E-state index >= 15 is 0 Å². The van der Waals surface area contributed by atoms with Crippen molar-refractivity contribution in [3.8, 4) is 11.8 Å². The lowest BCUT2D eigenvalue weighted by molar-refractivity contribution is 0.0589. The quantitative estimate of drug-likeness (QED) is 0.393. The number of esters is 1. The highest BCUT2D eigenvalue weighted by molar-refractivity contribution is 7.93. The smallest absolute Gasteiger partial charge is 0.429 e. The predicted molar refractivity (Wildman–Crippen MR) is 130 cm³/mol. The lowest BCUT2D eigenvalue weighted by Gasteiger charge is -2.27. The molecule has 0 aliphatic rings. The number of anilines is 1. The standard InChI is InChI=1S/C26H24N2O6S/c1-26(2,3)34-25(30)28(21-11-6-5-7-12-21)35(31,32)23-13-9-8-10-20(23)16-14-19-15-17-22(27-18-19)24(29)33-4/h5-13,15,17-18H,1-4H3. The Morgan fingerprint density at radius 2 is 1.57 bits per heavy atom. The van der Waals surface area contributed by atoms with Crippen LogP contribution in [0.1, 0.15) is 42.4 Å². The summed E-state index contributed by atoms with van der Waals surface area (Å²) in [6.07, 6.45) is 0.349. The van der Waals surface area contributed by atoms with Gasteiger partial charge in [-0.2, -0.15) is 4.31 Å². The molecular formula is C26H24N2O6S. The SMILES string of the molecule is COC(=O)c1ccc(C#Cc2ccccc2S(=O)(=O)N(C(=O)OC(C)(C)C)c2ccccc2)cn1. The summed E-state index contributed by atoms with van der Waals surface area (Å²) in [6, 6.07) is 17.1. The number of carbonyl (C=O) groups excluding carboxylic acids is 2. The summed E-state index contributed by atoms with van der Waals surface area (Å²) < 4.78 is 38.1. The molecule has 2 aromatic carbocycles. The third kappa shape index (κ3) is 6.25. The van der Waals surface area contributed by atoms with Crippen LogP contribution in [0.25, 0.3) is 0 Å². The van der Waals surface area contributed by atoms with Crippen molar-refractivity contribution in [2.24, 2.45) is 0 Å². The molecule has 3 aromatic rings. The number of methoxy groups -OCH3 is 1. The molecule has 1 heterocycles. The zero-order valence-electron chi connectivity index (χ0n) is 19.7. The number of benzene rings is 2. The molecule has 0 radical (unpaired) electrons. The molecule has 0 saturated heterocycles. The van der Waals surface area contributed by atoms with Crippen LogP contribution in [0.2, 0.25) is 0 Å². The Hall–Kier alpha value is -4.16. The first-order valence-corrected chi connectivity index (χ1v) is 12.0. The minimum absolute atomic E-state index is 0.122. The molecule has 0 aliphatic carbocycles. The summed E-state index contributed by atoms with van der Waals surface area (Å²) in [5, 5.41) is 0. The molecule has 0 spiro atoms. The van der Waals surface area contributed by atoms with Crippen molar-refractivity contribution in [1.29, 1.82) is 0 Å². The summed E-state index contributed by atoms with van der Waals surface area (Å²) in [4.78, 5) is 28.4. The first-order valence-electron chi connectivity index (χ1n) is 10.5. The number of para-hydroxylation sites is 1. The molecule has 0 unspecified atom stereocenters. The van der Waals surface area contributed by atoms with Crippen molar-refractivity contribution < 1.29 is 27.5 Å². The van der Waals surface area contributed by atoms with Gasteiger partial charge in [0, 0.05) is 17.3 Å². The summed E-state index contributed by atoms with van der Waals surface area (Å²) in [5.74, 6) is 5.09. The number of carbonyl (C=O) groups is 2. The molecule has 0 fully saturated rings. The van der Waals surface area contributed by atoms with Crippen LogP contribution in [0.15, 0.2) is 77.8 Å². The van der Waals surface area contributed by atoms with E-state index in [0.29, 0.717) is 9.87 Å². The number of hydrogen-bond acceptors (Lipinski definition) is 7. The Morgan fingerprint density at radius 1 is 0.914 bits per heavy atom. The van der Waals surface area contributed by atoms with Crippen LogP contribution in [0, 0.1) is 11.8 Å². The topological polar surface area (TPSA) is 103 Å². The van der Waals surface area contributed by atoms with Crippen molar-refractivity contribution in [1.82, 2.24) is 4.98 Å². The van der Waals surface area contributed by atoms with Crippen LogP contribution in [-0.4, -0.2) is 38.2 Å². The lowest BCUT2D eigenvalue weighted by atomic mass is 10.2. The summed E-state index contributed by atoms with van der Waals surface area (Å²) in [7, 11) is -3.15. The number of sulfonamides is 1. The van der Waals surface area contributed by atoms with E-state index in [9.17, 15) is 18.0 Å². The van der Waals surface area contributed by atoms with Crippen molar-refractivity contribution in [3.63, 3.8) is 0 Å². The third-order valence-corrected chi connectivity index (χ3v) is 6.21. The highest BCUT2D eigenvalue weighted by Gasteiger charge is 2.35. The number of amides is 1. The second-order valence-electron chi connectivity index (χ2n) is 8.26. The van der Waals surface area contributed by atoms with Crippen LogP contribution in [0.3, 0.4) is 0 Å². The van der Waals surface area contributed by atoms with Gasteiger partial charge in [-0.15, -0.1) is 0 Å². The molecule has 0 atom stereocenters.